The van der Waals surface area contributed by atoms with E-state index in [0.29, 0.717) is 4.90 Å². The second-order valence-corrected chi connectivity index (χ2v) is 18.9. The van der Waals surface area contributed by atoms with Gasteiger partial charge in [-0.15, -0.1) is 0 Å². The molecule has 3 aromatic rings. The number of sulfone groups is 1. The molecule has 0 atom stereocenters. The van der Waals surface area contributed by atoms with Crippen LogP contribution < -0.4 is 9.81 Å². The molecule has 0 aromatic heterocycles. The van der Waals surface area contributed by atoms with Crippen LogP contribution in [0.3, 0.4) is 0 Å². The van der Waals surface area contributed by atoms with Crippen molar-refractivity contribution in [3.8, 4) is 0 Å². The van der Waals surface area contributed by atoms with Crippen LogP contribution in [-0.2, 0) is 9.84 Å². The average Bonchev–Trinajstić information content (AvgIpc) is 2.64. The number of hydrogen-bond donors (Lipinski definition) is 0. The molecule has 2 nitrogen and oxygen atoms in total. The van der Waals surface area contributed by atoms with E-state index in [-0.39, 0.29) is 5.82 Å². The van der Waals surface area contributed by atoms with Crippen LogP contribution in [0.4, 0.5) is 4.39 Å². The number of aryl methyl sites for hydroxylation is 1. The predicted molar refractivity (Wildman–Crippen MR) is 116 cm³/mol. The van der Waals surface area contributed by atoms with Crippen molar-refractivity contribution in [3.05, 3.63) is 84.2 Å². The van der Waals surface area contributed by atoms with Gasteiger partial charge in [0, 0.05) is 0 Å². The Morgan fingerprint density at radius 1 is 0.786 bits per heavy atom. The van der Waals surface area contributed by atoms with Gasteiger partial charge >= 0.3 is 176 Å². The molecule has 146 valence electrons. The zero-order chi connectivity index (χ0) is 20.5. The van der Waals surface area contributed by atoms with E-state index in [2.05, 4.69) is 24.3 Å². The molecule has 0 aliphatic carbocycles. The minimum atomic E-state index is -3.51. The summed E-state index contributed by atoms with van der Waals surface area (Å²) in [6, 6.07) is 22.2. The predicted octanol–water partition coefficient (Wildman–Crippen LogP) is 3.22. The van der Waals surface area contributed by atoms with Crippen LogP contribution in [0.15, 0.2) is 77.7 Å². The van der Waals surface area contributed by atoms with Crippen LogP contribution in [0.25, 0.3) is 0 Å². The van der Waals surface area contributed by atoms with Gasteiger partial charge in [-0.3, -0.25) is 0 Å². The summed E-state index contributed by atoms with van der Waals surface area (Å²) in [7, 11) is -3.51. The molecule has 0 saturated carbocycles. The minimum absolute atomic E-state index is 0.285. The Bertz CT molecular complexity index is 1020. The molecule has 0 radical (unpaired) electrons. The van der Waals surface area contributed by atoms with Crippen molar-refractivity contribution in [2.45, 2.75) is 37.3 Å². The Morgan fingerprint density at radius 3 is 1.82 bits per heavy atom. The molecule has 0 aliphatic heterocycles. The zero-order valence-corrected chi connectivity index (χ0v) is 20.8. The third kappa shape index (κ3) is 4.21. The van der Waals surface area contributed by atoms with E-state index in [0.717, 1.165) is 12.1 Å². The summed E-state index contributed by atoms with van der Waals surface area (Å²) >= 11 is -2.94. The molecular weight excluding hydrogens is 568 g/mol. The van der Waals surface area contributed by atoms with Crippen molar-refractivity contribution in [2.75, 3.05) is 0 Å². The SMILES string of the molecule is Cc1cc[c]([Bi]([c]2ccc(F)cc2)[c]2ccccc2S(=O)(=O)C(C)(C)C)cc1. The monoisotopic (exact) mass is 592 g/mol. The Labute approximate surface area is 175 Å². The summed E-state index contributed by atoms with van der Waals surface area (Å²) in [6.07, 6.45) is 0. The van der Waals surface area contributed by atoms with Crippen molar-refractivity contribution >= 4 is 41.4 Å². The summed E-state index contributed by atoms with van der Waals surface area (Å²) in [5.41, 5.74) is 1.16. The van der Waals surface area contributed by atoms with Gasteiger partial charge in [-0.1, -0.05) is 0 Å². The van der Waals surface area contributed by atoms with Gasteiger partial charge in [0.1, 0.15) is 0 Å². The zero-order valence-electron chi connectivity index (χ0n) is 16.5. The molecule has 0 heterocycles. The number of rotatable bonds is 4. The fourth-order valence-electron chi connectivity index (χ4n) is 2.91. The van der Waals surface area contributed by atoms with Crippen LogP contribution in [-0.4, -0.2) is 34.9 Å². The Morgan fingerprint density at radius 2 is 1.29 bits per heavy atom. The van der Waals surface area contributed by atoms with Crippen LogP contribution in [0.1, 0.15) is 26.3 Å². The van der Waals surface area contributed by atoms with Gasteiger partial charge < -0.3 is 0 Å². The molecule has 0 fully saturated rings. The molecule has 0 aliphatic rings. The third-order valence-corrected chi connectivity index (χ3v) is 17.5. The molecule has 3 rings (SSSR count). The Hall–Kier alpha value is -1.58. The molecule has 0 saturated heterocycles. The molecular formula is C23H24BiFO2S. The van der Waals surface area contributed by atoms with Gasteiger partial charge in [-0.2, -0.15) is 0 Å². The summed E-state index contributed by atoms with van der Waals surface area (Å²) < 4.78 is 42.4. The van der Waals surface area contributed by atoms with E-state index in [1.165, 1.54) is 15.4 Å². The van der Waals surface area contributed by atoms with Crippen LogP contribution in [0.5, 0.6) is 0 Å². The van der Waals surface area contributed by atoms with Gasteiger partial charge in [-0.25, -0.2) is 0 Å². The Kier molecular flexibility index (Phi) is 6.07. The van der Waals surface area contributed by atoms with Crippen molar-refractivity contribution in [1.29, 1.82) is 0 Å². The average molecular weight is 592 g/mol. The molecule has 0 spiro atoms. The molecule has 0 N–H and O–H groups in total. The number of halogens is 1. The summed E-state index contributed by atoms with van der Waals surface area (Å²) in [4.78, 5) is 0.408. The first-order chi connectivity index (χ1) is 13.1. The quantitative estimate of drug-likeness (QED) is 0.437. The second-order valence-electron chi connectivity index (χ2n) is 7.73. The maximum absolute atomic E-state index is 13.6. The third-order valence-electron chi connectivity index (χ3n) is 4.58. The number of hydrogen-bond acceptors (Lipinski definition) is 2. The first kappa shape index (κ1) is 21.1. The topological polar surface area (TPSA) is 34.1 Å². The first-order valence-corrected chi connectivity index (χ1v) is 15.8. The van der Waals surface area contributed by atoms with Crippen molar-refractivity contribution in [1.82, 2.24) is 0 Å². The van der Waals surface area contributed by atoms with Crippen molar-refractivity contribution in [2.24, 2.45) is 0 Å². The summed E-state index contributed by atoms with van der Waals surface area (Å²) in [6.45, 7) is 7.22. The van der Waals surface area contributed by atoms with E-state index < -0.39 is 36.3 Å². The van der Waals surface area contributed by atoms with Crippen LogP contribution in [0, 0.1) is 12.7 Å². The van der Waals surface area contributed by atoms with Gasteiger partial charge in [0.2, 0.25) is 0 Å². The second kappa shape index (κ2) is 8.04. The number of benzene rings is 3. The van der Waals surface area contributed by atoms with Crippen molar-refractivity contribution < 1.29 is 12.8 Å². The normalized spacial score (nSPS) is 12.4. The van der Waals surface area contributed by atoms with Gasteiger partial charge in [0.05, 0.1) is 0 Å². The van der Waals surface area contributed by atoms with E-state index in [1.54, 1.807) is 32.9 Å². The molecule has 0 unspecified atom stereocenters. The first-order valence-electron chi connectivity index (χ1n) is 9.07. The fourth-order valence-corrected chi connectivity index (χ4v) is 15.2. The molecule has 5 heteroatoms. The van der Waals surface area contributed by atoms with E-state index in [9.17, 15) is 12.8 Å². The van der Waals surface area contributed by atoms with Crippen molar-refractivity contribution in [3.63, 3.8) is 0 Å². The Balaban J connectivity index is 2.28. The van der Waals surface area contributed by atoms with E-state index >= 15 is 0 Å². The van der Waals surface area contributed by atoms with Crippen LogP contribution >= 0.6 is 0 Å². The summed E-state index contributed by atoms with van der Waals surface area (Å²) in [5, 5.41) is 0. The van der Waals surface area contributed by atoms with E-state index in [4.69, 9.17) is 0 Å². The van der Waals surface area contributed by atoms with Gasteiger partial charge in [-0.05, 0) is 0 Å². The molecule has 3 aromatic carbocycles. The maximum atomic E-state index is 13.6. The molecule has 28 heavy (non-hydrogen) atoms. The van der Waals surface area contributed by atoms with Gasteiger partial charge in [0.15, 0.2) is 0 Å². The van der Waals surface area contributed by atoms with E-state index in [1.807, 2.05) is 31.2 Å². The molecule has 0 amide bonds. The standard InChI is InChI=1S/C10H13O2S.C7H7.C6H4F.Bi/c1-10(2,3)13(11,12)9-7-5-4-6-8-9;1-7-5-3-2-4-6-7;7-6-4-2-1-3-5-6;/h4-7H,1-3H3;3-6H,1H3;2-5H;. The molecule has 0 bridgehead atoms. The summed E-state index contributed by atoms with van der Waals surface area (Å²) in [5.74, 6) is -0.285. The van der Waals surface area contributed by atoms with Crippen LogP contribution in [0.2, 0.25) is 0 Å². The van der Waals surface area contributed by atoms with Gasteiger partial charge in [0.25, 0.3) is 0 Å². The fraction of sp³-hybridized carbons (Fsp3) is 0.217.